The number of carboxylic acid groups (broad SMARTS) is 1. The molecule has 1 aromatic carbocycles. The number of nitrogens with one attached hydrogen (secondary N) is 1. The molecule has 29 heavy (non-hydrogen) atoms. The van der Waals surface area contributed by atoms with Crippen molar-refractivity contribution >= 4 is 40.7 Å². The number of carbonyl (C=O) groups is 2. The lowest BCUT2D eigenvalue weighted by atomic mass is 10.2. The minimum absolute atomic E-state index is 0.0172. The molecule has 1 aliphatic rings. The Bertz CT molecular complexity index is 986. The van der Waals surface area contributed by atoms with Gasteiger partial charge in [0.15, 0.2) is 11.9 Å². The molecule has 1 atom stereocenters. The second-order valence-electron chi connectivity index (χ2n) is 5.68. The van der Waals surface area contributed by atoms with Gasteiger partial charge in [0.1, 0.15) is 23.4 Å². The van der Waals surface area contributed by atoms with Crippen molar-refractivity contribution < 1.29 is 24.4 Å². The average molecular weight is 418 g/mol. The minimum atomic E-state index is -1.06. The van der Waals surface area contributed by atoms with Gasteiger partial charge >= 0.3 is 11.7 Å². The van der Waals surface area contributed by atoms with Crippen LogP contribution in [0.25, 0.3) is 0 Å². The smallest absolute Gasteiger partial charge is 0.307 e. The van der Waals surface area contributed by atoms with E-state index in [9.17, 15) is 19.7 Å². The van der Waals surface area contributed by atoms with Gasteiger partial charge < -0.3 is 15.2 Å². The number of amides is 1. The van der Waals surface area contributed by atoms with Crippen molar-refractivity contribution in [3.63, 3.8) is 0 Å². The molecule has 0 saturated carbocycles. The van der Waals surface area contributed by atoms with Gasteiger partial charge in [0.25, 0.3) is 0 Å². The van der Waals surface area contributed by atoms with Crippen molar-refractivity contribution in [2.24, 2.45) is 10.2 Å². The summed E-state index contributed by atoms with van der Waals surface area (Å²) in [4.78, 5) is 32.4. The Balaban J connectivity index is 1.51. The number of nitrogens with zero attached hydrogens (tertiary/aromatic N) is 5. The molecule has 1 fully saturated rings. The van der Waals surface area contributed by atoms with Crippen LogP contribution in [0.2, 0.25) is 0 Å². The van der Waals surface area contributed by atoms with Crippen LogP contribution in [0.1, 0.15) is 12.0 Å². The molecule has 0 radical (unpaired) electrons. The van der Waals surface area contributed by atoms with Gasteiger partial charge in [0, 0.05) is 0 Å². The molecule has 0 spiro atoms. The summed E-state index contributed by atoms with van der Waals surface area (Å²) in [5, 5.41) is 32.9. The first-order chi connectivity index (χ1) is 13.9. The second kappa shape index (κ2) is 8.97. The third-order valence-corrected chi connectivity index (χ3v) is 4.64. The summed E-state index contributed by atoms with van der Waals surface area (Å²) in [6.07, 6.45) is 3.58. The molecule has 2 heterocycles. The van der Waals surface area contributed by atoms with Gasteiger partial charge in [-0.25, -0.2) is 4.68 Å². The first-order valence-electron chi connectivity index (χ1n) is 8.11. The number of thioether (sulfide) groups is 1. The van der Waals surface area contributed by atoms with Gasteiger partial charge in [0.05, 0.1) is 17.6 Å². The first-order valence-corrected chi connectivity index (χ1v) is 8.99. The zero-order valence-corrected chi connectivity index (χ0v) is 15.5. The maximum atomic E-state index is 11.6. The third-order valence-electron chi connectivity index (χ3n) is 3.57. The summed E-state index contributed by atoms with van der Waals surface area (Å²) >= 11 is 1.02. The SMILES string of the molecule is O=C(O)CC1SC(=NN=Cc2ccc(OCn3cc([N+](=O)[O-])cn3)cc2)NC1=O. The van der Waals surface area contributed by atoms with Crippen LogP contribution >= 0.6 is 11.8 Å². The van der Waals surface area contributed by atoms with Crippen molar-refractivity contribution in [3.8, 4) is 5.75 Å². The predicted molar refractivity (Wildman–Crippen MR) is 103 cm³/mol. The van der Waals surface area contributed by atoms with Gasteiger partial charge in [-0.05, 0) is 29.8 Å². The highest BCUT2D eigenvalue weighted by molar-refractivity contribution is 8.15. The van der Waals surface area contributed by atoms with E-state index in [1.54, 1.807) is 24.3 Å². The lowest BCUT2D eigenvalue weighted by molar-refractivity contribution is -0.385. The summed E-state index contributed by atoms with van der Waals surface area (Å²) in [5.41, 5.74) is 0.598. The van der Waals surface area contributed by atoms with Gasteiger partial charge in [-0.15, -0.1) is 5.10 Å². The number of carboxylic acids is 1. The van der Waals surface area contributed by atoms with Gasteiger partial charge in [0.2, 0.25) is 5.91 Å². The number of rotatable bonds is 8. The number of aliphatic carboxylic acids is 1. The lowest BCUT2D eigenvalue weighted by Crippen LogP contribution is -2.26. The maximum Gasteiger partial charge on any atom is 0.307 e. The van der Waals surface area contributed by atoms with Crippen LogP contribution in [0.4, 0.5) is 5.69 Å². The highest BCUT2D eigenvalue weighted by Gasteiger charge is 2.32. The van der Waals surface area contributed by atoms with Crippen molar-refractivity contribution in [1.29, 1.82) is 0 Å². The molecule has 1 unspecified atom stereocenters. The molecule has 13 heteroatoms. The number of amidine groups is 1. The Hall–Kier alpha value is -3.74. The monoisotopic (exact) mass is 418 g/mol. The molecule has 3 rings (SSSR count). The highest BCUT2D eigenvalue weighted by Crippen LogP contribution is 2.22. The third kappa shape index (κ3) is 5.62. The van der Waals surface area contributed by atoms with Crippen molar-refractivity contribution in [3.05, 3.63) is 52.3 Å². The molecule has 12 nitrogen and oxygen atoms in total. The number of benzene rings is 1. The Labute approximate surface area is 167 Å². The summed E-state index contributed by atoms with van der Waals surface area (Å²) in [6, 6.07) is 6.80. The highest BCUT2D eigenvalue weighted by atomic mass is 32.2. The van der Waals surface area contributed by atoms with Crippen molar-refractivity contribution in [1.82, 2.24) is 15.1 Å². The van der Waals surface area contributed by atoms with Crippen LogP contribution in [-0.4, -0.2) is 48.3 Å². The molecule has 0 bridgehead atoms. The summed E-state index contributed by atoms with van der Waals surface area (Å²) in [6.45, 7) is 0.0172. The Morgan fingerprint density at radius 3 is 2.86 bits per heavy atom. The van der Waals surface area contributed by atoms with Crippen LogP contribution < -0.4 is 10.1 Å². The number of ether oxygens (including phenoxy) is 1. The topological polar surface area (TPSA) is 161 Å². The van der Waals surface area contributed by atoms with E-state index >= 15 is 0 Å². The normalized spacial score (nSPS) is 17.6. The van der Waals surface area contributed by atoms with Crippen LogP contribution in [0, 0.1) is 10.1 Å². The Kier molecular flexibility index (Phi) is 6.19. The zero-order valence-electron chi connectivity index (χ0n) is 14.7. The predicted octanol–water partition coefficient (Wildman–Crippen LogP) is 1.22. The van der Waals surface area contributed by atoms with Crippen LogP contribution in [0.5, 0.6) is 5.75 Å². The van der Waals surface area contributed by atoms with E-state index in [0.29, 0.717) is 11.3 Å². The van der Waals surface area contributed by atoms with E-state index in [4.69, 9.17) is 9.84 Å². The van der Waals surface area contributed by atoms with Crippen LogP contribution in [-0.2, 0) is 16.3 Å². The van der Waals surface area contributed by atoms with Crippen molar-refractivity contribution in [2.45, 2.75) is 18.4 Å². The van der Waals surface area contributed by atoms with Crippen molar-refractivity contribution in [2.75, 3.05) is 0 Å². The second-order valence-corrected chi connectivity index (χ2v) is 6.87. The Morgan fingerprint density at radius 2 is 2.21 bits per heavy atom. The number of nitro groups is 1. The largest absolute Gasteiger partial charge is 0.481 e. The van der Waals surface area contributed by atoms with Gasteiger partial charge in [-0.2, -0.15) is 10.2 Å². The van der Waals surface area contributed by atoms with Gasteiger partial charge in [-0.1, -0.05) is 11.8 Å². The van der Waals surface area contributed by atoms with Crippen LogP contribution in [0.15, 0.2) is 46.9 Å². The van der Waals surface area contributed by atoms with Crippen LogP contribution in [0.3, 0.4) is 0 Å². The number of carbonyl (C=O) groups excluding carboxylic acids is 1. The molecule has 1 saturated heterocycles. The molecular formula is C16H14N6O6S. The lowest BCUT2D eigenvalue weighted by Gasteiger charge is -2.05. The summed E-state index contributed by atoms with van der Waals surface area (Å²) < 4.78 is 6.79. The molecular weight excluding hydrogens is 404 g/mol. The number of hydrogen-bond acceptors (Lipinski definition) is 9. The van der Waals surface area contributed by atoms with Gasteiger partial charge in [-0.3, -0.25) is 19.7 Å². The van der Waals surface area contributed by atoms with E-state index < -0.39 is 22.0 Å². The maximum absolute atomic E-state index is 11.6. The molecule has 150 valence electrons. The zero-order chi connectivity index (χ0) is 20.8. The van der Waals surface area contributed by atoms with E-state index in [1.807, 2.05) is 0 Å². The average Bonchev–Trinajstić information content (AvgIpc) is 3.28. The fourth-order valence-corrected chi connectivity index (χ4v) is 3.12. The Morgan fingerprint density at radius 1 is 1.45 bits per heavy atom. The van der Waals surface area contributed by atoms with E-state index in [1.165, 1.54) is 17.1 Å². The molecule has 1 aliphatic heterocycles. The summed E-state index contributed by atoms with van der Waals surface area (Å²) in [5.74, 6) is -0.937. The molecule has 2 aromatic rings. The molecule has 2 N–H and O–H groups in total. The number of aromatic nitrogens is 2. The first kappa shape index (κ1) is 20.0. The fourth-order valence-electron chi connectivity index (χ4n) is 2.20. The molecule has 1 aromatic heterocycles. The van der Waals surface area contributed by atoms with E-state index in [0.717, 1.165) is 18.0 Å². The number of hydrogen-bond donors (Lipinski definition) is 2. The minimum Gasteiger partial charge on any atom is -0.481 e. The quantitative estimate of drug-likeness (QED) is 0.367. The molecule has 0 aliphatic carbocycles. The fraction of sp³-hybridized carbons (Fsp3) is 0.188. The standard InChI is InChI=1S/C16H14N6O6S/c23-14(24)5-13-15(25)19-16(29-13)20-17-6-10-1-3-12(4-2-10)28-9-21-8-11(7-18-21)22(26)27/h1-4,6-8,13H,5,9H2,(H,23,24)(H,19,20,25). The summed E-state index contributed by atoms with van der Waals surface area (Å²) in [7, 11) is 0. The molecule has 1 amide bonds. The van der Waals surface area contributed by atoms with E-state index in [-0.39, 0.29) is 24.0 Å². The van der Waals surface area contributed by atoms with E-state index in [2.05, 4.69) is 20.6 Å².